The van der Waals surface area contributed by atoms with Crippen molar-refractivity contribution in [3.63, 3.8) is 0 Å². The van der Waals surface area contributed by atoms with E-state index in [4.69, 9.17) is 11.6 Å². The van der Waals surface area contributed by atoms with Crippen LogP contribution in [0.15, 0.2) is 75.7 Å². The first kappa shape index (κ1) is 19.4. The van der Waals surface area contributed by atoms with Crippen LogP contribution in [-0.4, -0.2) is 26.3 Å². The lowest BCUT2D eigenvalue weighted by atomic mass is 10.1. The molecule has 0 N–H and O–H groups in total. The van der Waals surface area contributed by atoms with Crippen molar-refractivity contribution in [3.05, 3.63) is 81.1 Å². The molecule has 4 nitrogen and oxygen atoms in total. The van der Waals surface area contributed by atoms with Crippen molar-refractivity contribution in [1.29, 1.82) is 0 Å². The van der Waals surface area contributed by atoms with Crippen LogP contribution in [0.2, 0.25) is 5.02 Å². The Morgan fingerprint density at radius 2 is 1.86 bits per heavy atom. The number of hydrogen-bond acceptors (Lipinski definition) is 5. The molecule has 0 saturated carbocycles. The average Bonchev–Trinajstić information content (AvgIpc) is 3.37. The van der Waals surface area contributed by atoms with Gasteiger partial charge in [0.25, 0.3) is 0 Å². The highest BCUT2D eigenvalue weighted by Crippen LogP contribution is 2.31. The van der Waals surface area contributed by atoms with Gasteiger partial charge in [-0.15, -0.1) is 21.5 Å². The lowest BCUT2D eigenvalue weighted by Crippen LogP contribution is -2.05. The molecule has 28 heavy (non-hydrogen) atoms. The maximum Gasteiger partial charge on any atom is 0.196 e. The first-order valence-electron chi connectivity index (χ1n) is 8.29. The number of halogens is 2. The van der Waals surface area contributed by atoms with Crippen LogP contribution in [0.1, 0.15) is 10.4 Å². The number of carbonyl (C=O) groups excluding carboxylic acids is 1. The number of rotatable bonds is 6. The SMILES string of the molecule is O=C(CSc1nnc(-c2cccs2)n1-c1ccc(Cl)cc1)c1ccccc1Br. The molecule has 2 aromatic carbocycles. The minimum Gasteiger partial charge on any atom is -0.293 e. The largest absolute Gasteiger partial charge is 0.293 e. The van der Waals surface area contributed by atoms with Gasteiger partial charge < -0.3 is 0 Å². The van der Waals surface area contributed by atoms with Crippen molar-refractivity contribution in [3.8, 4) is 16.4 Å². The van der Waals surface area contributed by atoms with Gasteiger partial charge in [0.2, 0.25) is 0 Å². The molecule has 0 saturated heterocycles. The first-order chi connectivity index (χ1) is 13.6. The van der Waals surface area contributed by atoms with Crippen LogP contribution < -0.4 is 0 Å². The van der Waals surface area contributed by atoms with Crippen molar-refractivity contribution >= 4 is 56.4 Å². The predicted octanol–water partition coefficient (Wildman–Crippen LogP) is 6.39. The van der Waals surface area contributed by atoms with Gasteiger partial charge in [0.1, 0.15) is 0 Å². The van der Waals surface area contributed by atoms with Crippen LogP contribution in [0.3, 0.4) is 0 Å². The Hall–Kier alpha value is -1.93. The van der Waals surface area contributed by atoms with Gasteiger partial charge >= 0.3 is 0 Å². The molecule has 4 rings (SSSR count). The molecule has 0 atom stereocenters. The third-order valence-corrected chi connectivity index (χ3v) is 6.70. The van der Waals surface area contributed by atoms with Crippen LogP contribution in [0.25, 0.3) is 16.4 Å². The fourth-order valence-corrected chi connectivity index (χ4v) is 4.81. The zero-order chi connectivity index (χ0) is 19.5. The fraction of sp³-hybridized carbons (Fsp3) is 0.0500. The van der Waals surface area contributed by atoms with E-state index >= 15 is 0 Å². The number of nitrogens with zero attached hydrogens (tertiary/aromatic N) is 3. The summed E-state index contributed by atoms with van der Waals surface area (Å²) >= 11 is 12.4. The first-order valence-corrected chi connectivity index (χ1v) is 11.3. The van der Waals surface area contributed by atoms with Crippen molar-refractivity contribution in [2.24, 2.45) is 0 Å². The van der Waals surface area contributed by atoms with E-state index < -0.39 is 0 Å². The second kappa shape index (κ2) is 8.61. The van der Waals surface area contributed by atoms with Gasteiger partial charge in [-0.05, 0) is 41.8 Å². The predicted molar refractivity (Wildman–Crippen MR) is 119 cm³/mol. The van der Waals surface area contributed by atoms with Crippen LogP contribution >= 0.6 is 50.6 Å². The molecule has 0 radical (unpaired) electrons. The molecule has 0 bridgehead atoms. The molecule has 0 fully saturated rings. The number of carbonyl (C=O) groups is 1. The third-order valence-electron chi connectivity index (χ3n) is 3.97. The minimum atomic E-state index is 0.0285. The zero-order valence-electron chi connectivity index (χ0n) is 14.4. The highest BCUT2D eigenvalue weighted by molar-refractivity contribution is 9.10. The molecule has 0 spiro atoms. The normalized spacial score (nSPS) is 10.9. The standard InChI is InChI=1S/C20H13BrClN3OS2/c21-16-5-2-1-4-15(16)17(26)12-28-20-24-23-19(18-6-3-11-27-18)25(20)14-9-7-13(22)8-10-14/h1-11H,12H2. The molecule has 0 amide bonds. The maximum absolute atomic E-state index is 12.6. The molecular weight excluding hydrogens is 478 g/mol. The number of thioether (sulfide) groups is 1. The van der Waals surface area contributed by atoms with Gasteiger partial charge in [-0.25, -0.2) is 0 Å². The van der Waals surface area contributed by atoms with Crippen molar-refractivity contribution in [2.75, 3.05) is 5.75 Å². The van der Waals surface area contributed by atoms with E-state index in [0.29, 0.717) is 15.7 Å². The van der Waals surface area contributed by atoms with Crippen LogP contribution in [0.4, 0.5) is 0 Å². The second-order valence-corrected chi connectivity index (χ2v) is 8.97. The Bertz CT molecular complexity index is 1110. The van der Waals surface area contributed by atoms with E-state index in [1.807, 2.05) is 70.6 Å². The summed E-state index contributed by atoms with van der Waals surface area (Å²) in [5, 5.41) is 12.0. The van der Waals surface area contributed by atoms with E-state index in [2.05, 4.69) is 26.1 Å². The number of Topliss-reactive ketones (excluding diaryl/α,β-unsaturated/α-hetero) is 1. The Morgan fingerprint density at radius 1 is 1.07 bits per heavy atom. The molecule has 8 heteroatoms. The van der Waals surface area contributed by atoms with Crippen LogP contribution in [0.5, 0.6) is 0 Å². The van der Waals surface area contributed by atoms with Crippen LogP contribution in [0, 0.1) is 0 Å². The molecular formula is C20H13BrClN3OS2. The molecule has 2 heterocycles. The van der Waals surface area contributed by atoms with Gasteiger partial charge in [0.05, 0.1) is 10.6 Å². The van der Waals surface area contributed by atoms with E-state index in [9.17, 15) is 4.79 Å². The highest BCUT2D eigenvalue weighted by Gasteiger charge is 2.19. The van der Waals surface area contributed by atoms with E-state index in [1.54, 1.807) is 11.3 Å². The second-order valence-electron chi connectivity index (χ2n) is 5.79. The number of benzene rings is 2. The van der Waals surface area contributed by atoms with E-state index in [-0.39, 0.29) is 11.5 Å². The van der Waals surface area contributed by atoms with Gasteiger partial charge in [0, 0.05) is 20.7 Å². The number of thiophene rings is 1. The molecule has 0 aliphatic carbocycles. The molecule has 140 valence electrons. The smallest absolute Gasteiger partial charge is 0.196 e. The number of aromatic nitrogens is 3. The van der Waals surface area contributed by atoms with E-state index in [1.165, 1.54) is 11.8 Å². The minimum absolute atomic E-state index is 0.0285. The maximum atomic E-state index is 12.6. The average molecular weight is 491 g/mol. The van der Waals surface area contributed by atoms with Crippen LogP contribution in [-0.2, 0) is 0 Å². The summed E-state index contributed by atoms with van der Waals surface area (Å²) in [6.07, 6.45) is 0. The zero-order valence-corrected chi connectivity index (χ0v) is 18.4. The summed E-state index contributed by atoms with van der Waals surface area (Å²) < 4.78 is 2.75. The highest BCUT2D eigenvalue weighted by atomic mass is 79.9. The van der Waals surface area contributed by atoms with Gasteiger partial charge in [0.15, 0.2) is 16.8 Å². The van der Waals surface area contributed by atoms with Gasteiger partial charge in [-0.3, -0.25) is 9.36 Å². The molecule has 0 aliphatic rings. The van der Waals surface area contributed by atoms with E-state index in [0.717, 1.165) is 20.9 Å². The number of hydrogen-bond donors (Lipinski definition) is 0. The lowest BCUT2D eigenvalue weighted by molar-refractivity contribution is 0.102. The van der Waals surface area contributed by atoms with Gasteiger partial charge in [-0.2, -0.15) is 0 Å². The molecule has 0 aliphatic heterocycles. The summed E-state index contributed by atoms with van der Waals surface area (Å²) in [7, 11) is 0. The summed E-state index contributed by atoms with van der Waals surface area (Å²) in [4.78, 5) is 13.6. The number of ketones is 1. The summed E-state index contributed by atoms with van der Waals surface area (Å²) in [5.74, 6) is 1.03. The molecule has 4 aromatic rings. The van der Waals surface area contributed by atoms with Gasteiger partial charge in [-0.1, -0.05) is 63.6 Å². The monoisotopic (exact) mass is 489 g/mol. The summed E-state index contributed by atoms with van der Waals surface area (Å²) in [6, 6.07) is 18.9. The quantitative estimate of drug-likeness (QED) is 0.232. The van der Waals surface area contributed by atoms with Crippen molar-refractivity contribution in [1.82, 2.24) is 14.8 Å². The Balaban J connectivity index is 1.66. The molecule has 2 aromatic heterocycles. The van der Waals surface area contributed by atoms with Crippen molar-refractivity contribution in [2.45, 2.75) is 5.16 Å². The summed E-state index contributed by atoms with van der Waals surface area (Å²) in [6.45, 7) is 0. The Morgan fingerprint density at radius 3 is 2.57 bits per heavy atom. The fourth-order valence-electron chi connectivity index (χ4n) is 2.65. The third kappa shape index (κ3) is 4.07. The Kier molecular flexibility index (Phi) is 5.96. The summed E-state index contributed by atoms with van der Waals surface area (Å²) in [5.41, 5.74) is 1.56. The lowest BCUT2D eigenvalue weighted by Gasteiger charge is -2.10. The van der Waals surface area contributed by atoms with Crippen molar-refractivity contribution < 1.29 is 4.79 Å². The topological polar surface area (TPSA) is 47.8 Å². The Labute approximate surface area is 183 Å². The molecule has 0 unspecified atom stereocenters.